The Hall–Kier alpha value is -2.30. The van der Waals surface area contributed by atoms with Crippen molar-refractivity contribution in [3.8, 4) is 0 Å². The zero-order chi connectivity index (χ0) is 18.5. The van der Waals surface area contributed by atoms with E-state index in [-0.39, 0.29) is 18.9 Å². The van der Waals surface area contributed by atoms with Crippen LogP contribution in [0.3, 0.4) is 0 Å². The predicted octanol–water partition coefficient (Wildman–Crippen LogP) is 3.83. The number of aryl methyl sites for hydroxylation is 2. The van der Waals surface area contributed by atoms with Crippen molar-refractivity contribution < 1.29 is 18.7 Å². The van der Waals surface area contributed by atoms with Crippen LogP contribution in [-0.4, -0.2) is 25.0 Å². The molecule has 0 radical (unpaired) electrons. The molecule has 3 rings (SSSR count). The third-order valence-corrected chi connectivity index (χ3v) is 5.28. The van der Waals surface area contributed by atoms with E-state index in [4.69, 9.17) is 9.15 Å². The summed E-state index contributed by atoms with van der Waals surface area (Å²) in [4.78, 5) is 24.0. The Labute approximate surface area is 154 Å². The highest BCUT2D eigenvalue weighted by molar-refractivity contribution is 5.87. The van der Waals surface area contributed by atoms with Gasteiger partial charge in [-0.2, -0.15) is 0 Å². The van der Waals surface area contributed by atoms with E-state index in [0.29, 0.717) is 12.5 Å². The van der Waals surface area contributed by atoms with Gasteiger partial charge in [-0.15, -0.1) is 0 Å². The molecule has 0 spiro atoms. The number of fused-ring (bicyclic) bond motifs is 1. The van der Waals surface area contributed by atoms with Gasteiger partial charge in [0.2, 0.25) is 0 Å². The fraction of sp³-hybridized carbons (Fsp3) is 0.524. The van der Waals surface area contributed by atoms with Gasteiger partial charge in [-0.1, -0.05) is 19.3 Å². The highest BCUT2D eigenvalue weighted by Gasteiger charge is 2.16. The van der Waals surface area contributed by atoms with Gasteiger partial charge in [-0.25, -0.2) is 0 Å². The van der Waals surface area contributed by atoms with Crippen molar-refractivity contribution in [1.29, 1.82) is 0 Å². The molecule has 1 aliphatic carbocycles. The Morgan fingerprint density at radius 3 is 2.65 bits per heavy atom. The Morgan fingerprint density at radius 1 is 1.15 bits per heavy atom. The lowest BCUT2D eigenvalue weighted by atomic mass is 9.89. The molecule has 1 aliphatic rings. The second-order valence-corrected chi connectivity index (χ2v) is 7.34. The molecule has 26 heavy (non-hydrogen) atoms. The van der Waals surface area contributed by atoms with Crippen LogP contribution in [0, 0.1) is 19.8 Å². The minimum Gasteiger partial charge on any atom is -0.464 e. The van der Waals surface area contributed by atoms with Crippen molar-refractivity contribution in [2.24, 2.45) is 5.92 Å². The maximum Gasteiger partial charge on any atom is 0.310 e. The fourth-order valence-corrected chi connectivity index (χ4v) is 3.53. The average Bonchev–Trinajstić information content (AvgIpc) is 3.01. The zero-order valence-electron chi connectivity index (χ0n) is 15.6. The summed E-state index contributed by atoms with van der Waals surface area (Å²) in [6, 6.07) is 3.99. The Bertz CT molecular complexity index is 787. The second kappa shape index (κ2) is 8.39. The molecule has 0 saturated heterocycles. The molecule has 5 heteroatoms. The van der Waals surface area contributed by atoms with Crippen LogP contribution in [0.2, 0.25) is 0 Å². The predicted molar refractivity (Wildman–Crippen MR) is 99.9 cm³/mol. The van der Waals surface area contributed by atoms with Crippen LogP contribution >= 0.6 is 0 Å². The first-order valence-electron chi connectivity index (χ1n) is 9.42. The molecule has 0 unspecified atom stereocenters. The molecule has 0 atom stereocenters. The maximum atomic E-state index is 12.1. The van der Waals surface area contributed by atoms with Gasteiger partial charge in [0.1, 0.15) is 5.58 Å². The van der Waals surface area contributed by atoms with E-state index in [9.17, 15) is 9.59 Å². The van der Waals surface area contributed by atoms with Crippen LogP contribution in [0.15, 0.2) is 22.8 Å². The van der Waals surface area contributed by atoms with Crippen molar-refractivity contribution in [3.05, 3.63) is 35.1 Å². The summed E-state index contributed by atoms with van der Waals surface area (Å²) in [5.74, 6) is -0.0846. The van der Waals surface area contributed by atoms with Gasteiger partial charge in [0.05, 0.1) is 12.7 Å². The standard InChI is InChI=1S/C21H27NO4/c1-14-8-18-17(12-25-19(18)9-15(14)2)10-21(24)26-13-20(23)22-11-16-6-4-3-5-7-16/h8-9,12,16H,3-7,10-11,13H2,1-2H3,(H,22,23). The number of furan rings is 1. The minimum atomic E-state index is -0.418. The van der Waals surface area contributed by atoms with E-state index in [1.165, 1.54) is 32.1 Å². The summed E-state index contributed by atoms with van der Waals surface area (Å²) in [5, 5.41) is 3.80. The number of hydrogen-bond acceptors (Lipinski definition) is 4. The number of benzene rings is 1. The summed E-state index contributed by atoms with van der Waals surface area (Å²) in [6.45, 7) is 4.51. The third kappa shape index (κ3) is 4.65. The second-order valence-electron chi connectivity index (χ2n) is 7.34. The van der Waals surface area contributed by atoms with Crippen molar-refractivity contribution in [2.75, 3.05) is 13.2 Å². The number of carbonyl (C=O) groups is 2. The molecule has 1 fully saturated rings. The van der Waals surface area contributed by atoms with Gasteiger partial charge in [-0.05, 0) is 55.9 Å². The first-order chi connectivity index (χ1) is 12.5. The van der Waals surface area contributed by atoms with Gasteiger partial charge in [0.25, 0.3) is 5.91 Å². The summed E-state index contributed by atoms with van der Waals surface area (Å²) < 4.78 is 10.7. The summed E-state index contributed by atoms with van der Waals surface area (Å²) >= 11 is 0. The van der Waals surface area contributed by atoms with E-state index >= 15 is 0 Å². The Kier molecular flexibility index (Phi) is 5.96. The van der Waals surface area contributed by atoms with Crippen LogP contribution in [0.25, 0.3) is 11.0 Å². The topological polar surface area (TPSA) is 68.5 Å². The van der Waals surface area contributed by atoms with Gasteiger partial charge in [0.15, 0.2) is 6.61 Å². The molecule has 1 saturated carbocycles. The van der Waals surface area contributed by atoms with Crippen LogP contribution in [0.5, 0.6) is 0 Å². The summed E-state index contributed by atoms with van der Waals surface area (Å²) in [5.41, 5.74) is 3.85. The molecule has 140 valence electrons. The van der Waals surface area contributed by atoms with Gasteiger partial charge in [0, 0.05) is 17.5 Å². The monoisotopic (exact) mass is 357 g/mol. The maximum absolute atomic E-state index is 12.1. The Balaban J connectivity index is 1.46. The molecular weight excluding hydrogens is 330 g/mol. The SMILES string of the molecule is Cc1cc2occ(CC(=O)OCC(=O)NCC3CCCCC3)c2cc1C. The lowest BCUT2D eigenvalue weighted by molar-refractivity contribution is -0.147. The highest BCUT2D eigenvalue weighted by atomic mass is 16.5. The molecule has 1 N–H and O–H groups in total. The molecular formula is C21H27NO4. The van der Waals surface area contributed by atoms with E-state index in [2.05, 4.69) is 5.32 Å². The van der Waals surface area contributed by atoms with Crippen molar-refractivity contribution in [2.45, 2.75) is 52.4 Å². The third-order valence-electron chi connectivity index (χ3n) is 5.28. The van der Waals surface area contributed by atoms with Crippen LogP contribution in [0.4, 0.5) is 0 Å². The molecule has 1 aromatic heterocycles. The molecule has 5 nitrogen and oxygen atoms in total. The van der Waals surface area contributed by atoms with Crippen molar-refractivity contribution in [1.82, 2.24) is 5.32 Å². The van der Waals surface area contributed by atoms with Crippen molar-refractivity contribution >= 4 is 22.8 Å². The van der Waals surface area contributed by atoms with Crippen LogP contribution in [0.1, 0.15) is 48.8 Å². The van der Waals surface area contributed by atoms with Crippen LogP contribution < -0.4 is 5.32 Å². The van der Waals surface area contributed by atoms with E-state index < -0.39 is 5.97 Å². The number of ether oxygens (including phenoxy) is 1. The van der Waals surface area contributed by atoms with E-state index in [1.807, 2.05) is 26.0 Å². The quantitative estimate of drug-likeness (QED) is 0.798. The van der Waals surface area contributed by atoms with Crippen LogP contribution in [-0.2, 0) is 20.7 Å². The normalized spacial score (nSPS) is 15.2. The fourth-order valence-electron chi connectivity index (χ4n) is 3.53. The summed E-state index contributed by atoms with van der Waals surface area (Å²) in [7, 11) is 0. The highest BCUT2D eigenvalue weighted by Crippen LogP contribution is 2.25. The minimum absolute atomic E-state index is 0.103. The number of hydrogen-bond donors (Lipinski definition) is 1. The van der Waals surface area contributed by atoms with Gasteiger partial charge >= 0.3 is 5.97 Å². The number of nitrogens with one attached hydrogen (secondary N) is 1. The van der Waals surface area contributed by atoms with E-state index in [0.717, 1.165) is 27.7 Å². The lowest BCUT2D eigenvalue weighted by Crippen LogP contribution is -2.33. The molecule has 1 aromatic carbocycles. The molecule has 1 heterocycles. The first-order valence-corrected chi connectivity index (χ1v) is 9.42. The smallest absolute Gasteiger partial charge is 0.310 e. The van der Waals surface area contributed by atoms with Gasteiger partial charge in [-0.3, -0.25) is 9.59 Å². The molecule has 2 aromatic rings. The number of amides is 1. The van der Waals surface area contributed by atoms with Crippen molar-refractivity contribution in [3.63, 3.8) is 0 Å². The number of rotatable bonds is 6. The average molecular weight is 357 g/mol. The Morgan fingerprint density at radius 2 is 1.88 bits per heavy atom. The zero-order valence-corrected chi connectivity index (χ0v) is 15.6. The largest absolute Gasteiger partial charge is 0.464 e. The lowest BCUT2D eigenvalue weighted by Gasteiger charge is -2.21. The molecule has 1 amide bonds. The van der Waals surface area contributed by atoms with E-state index in [1.54, 1.807) is 6.26 Å². The number of esters is 1. The molecule has 0 bridgehead atoms. The summed E-state index contributed by atoms with van der Waals surface area (Å²) in [6.07, 6.45) is 7.82. The molecule has 0 aliphatic heterocycles. The first kappa shape index (κ1) is 18.5. The van der Waals surface area contributed by atoms with Gasteiger partial charge < -0.3 is 14.5 Å². The number of carbonyl (C=O) groups excluding carboxylic acids is 2.